The number of rotatable bonds is 3. The van der Waals surface area contributed by atoms with Gasteiger partial charge in [-0.25, -0.2) is 4.79 Å². The smallest absolute Gasteiger partial charge is 0.335 e. The van der Waals surface area contributed by atoms with Gasteiger partial charge in [-0.15, -0.1) is 0 Å². The van der Waals surface area contributed by atoms with E-state index >= 15 is 0 Å². The highest BCUT2D eigenvalue weighted by molar-refractivity contribution is 9.09. The zero-order valence-electron chi connectivity index (χ0n) is 10.3. The van der Waals surface area contributed by atoms with Crippen LogP contribution in [-0.4, -0.2) is 10.8 Å². The predicted molar refractivity (Wildman–Crippen MR) is 76.2 cm³/mol. The lowest BCUT2D eigenvalue weighted by atomic mass is 9.84. The van der Waals surface area contributed by atoms with E-state index in [1.165, 1.54) is 37.3 Å². The number of esters is 1. The maximum atomic E-state index is 11.1. The molecule has 0 radical (unpaired) electrons. The molecule has 3 heteroatoms. The lowest BCUT2D eigenvalue weighted by Crippen LogP contribution is -2.12. The summed E-state index contributed by atoms with van der Waals surface area (Å²) in [6.45, 7) is 3.38. The SMILES string of the molecule is C=CC(=O)Oc1ccc(C2CCC(Br)CC2)cc1. The van der Waals surface area contributed by atoms with Crippen molar-refractivity contribution in [2.75, 3.05) is 0 Å². The molecule has 1 fully saturated rings. The number of benzene rings is 1. The van der Waals surface area contributed by atoms with E-state index in [1.807, 2.05) is 12.1 Å². The number of halogens is 1. The van der Waals surface area contributed by atoms with Gasteiger partial charge in [-0.05, 0) is 49.3 Å². The second-order valence-corrected chi connectivity index (χ2v) is 5.94. The first kappa shape index (κ1) is 13.3. The van der Waals surface area contributed by atoms with Crippen LogP contribution in [0.1, 0.15) is 37.2 Å². The quantitative estimate of drug-likeness (QED) is 0.362. The predicted octanol–water partition coefficient (Wildman–Crippen LogP) is 4.20. The zero-order chi connectivity index (χ0) is 13.0. The van der Waals surface area contributed by atoms with Crippen LogP contribution in [0, 0.1) is 0 Å². The third-order valence-corrected chi connectivity index (χ3v) is 4.31. The third kappa shape index (κ3) is 3.45. The molecule has 0 saturated heterocycles. The molecule has 2 rings (SSSR count). The lowest BCUT2D eigenvalue weighted by molar-refractivity contribution is -0.128. The number of ether oxygens (including phenoxy) is 1. The summed E-state index contributed by atoms with van der Waals surface area (Å²) in [7, 11) is 0. The first-order valence-corrected chi connectivity index (χ1v) is 7.19. The first-order valence-electron chi connectivity index (χ1n) is 6.27. The molecule has 1 aromatic carbocycles. The zero-order valence-corrected chi connectivity index (χ0v) is 11.9. The minimum absolute atomic E-state index is 0.414. The van der Waals surface area contributed by atoms with Gasteiger partial charge in [-0.1, -0.05) is 34.6 Å². The van der Waals surface area contributed by atoms with Crippen LogP contribution in [-0.2, 0) is 4.79 Å². The number of hydrogen-bond acceptors (Lipinski definition) is 2. The third-order valence-electron chi connectivity index (χ3n) is 3.39. The van der Waals surface area contributed by atoms with Gasteiger partial charge in [0.1, 0.15) is 5.75 Å². The molecule has 0 heterocycles. The highest BCUT2D eigenvalue weighted by Crippen LogP contribution is 2.35. The topological polar surface area (TPSA) is 26.3 Å². The van der Waals surface area contributed by atoms with Crippen LogP contribution in [0.15, 0.2) is 36.9 Å². The molecular formula is C15H17BrO2. The molecule has 18 heavy (non-hydrogen) atoms. The normalized spacial score (nSPS) is 23.4. The van der Waals surface area contributed by atoms with Gasteiger partial charge in [0, 0.05) is 10.9 Å². The summed E-state index contributed by atoms with van der Waals surface area (Å²) in [5.74, 6) is 0.809. The Balaban J connectivity index is 1.99. The molecule has 1 aliphatic rings. The fourth-order valence-corrected chi connectivity index (χ4v) is 2.88. The van der Waals surface area contributed by atoms with Gasteiger partial charge < -0.3 is 4.74 Å². The summed E-state index contributed by atoms with van der Waals surface area (Å²) >= 11 is 3.67. The molecule has 2 nitrogen and oxygen atoms in total. The van der Waals surface area contributed by atoms with Gasteiger partial charge >= 0.3 is 5.97 Å². The Morgan fingerprint density at radius 2 is 1.83 bits per heavy atom. The lowest BCUT2D eigenvalue weighted by Gasteiger charge is -2.25. The van der Waals surface area contributed by atoms with Crippen LogP contribution in [0.4, 0.5) is 0 Å². The van der Waals surface area contributed by atoms with E-state index in [2.05, 4.69) is 34.6 Å². The minimum atomic E-state index is -0.414. The van der Waals surface area contributed by atoms with E-state index < -0.39 is 5.97 Å². The van der Waals surface area contributed by atoms with Crippen molar-refractivity contribution in [1.29, 1.82) is 0 Å². The van der Waals surface area contributed by atoms with Crippen LogP contribution in [0.25, 0.3) is 0 Å². The van der Waals surface area contributed by atoms with Gasteiger partial charge in [-0.3, -0.25) is 0 Å². The van der Waals surface area contributed by atoms with Crippen molar-refractivity contribution >= 4 is 21.9 Å². The molecule has 0 aliphatic heterocycles. The van der Waals surface area contributed by atoms with E-state index in [4.69, 9.17) is 4.74 Å². The van der Waals surface area contributed by atoms with Gasteiger partial charge in [0.05, 0.1) is 0 Å². The summed E-state index contributed by atoms with van der Waals surface area (Å²) < 4.78 is 5.06. The van der Waals surface area contributed by atoms with E-state index in [1.54, 1.807) is 0 Å². The van der Waals surface area contributed by atoms with Crippen LogP contribution in [0.2, 0.25) is 0 Å². The fourth-order valence-electron chi connectivity index (χ4n) is 2.35. The molecule has 0 spiro atoms. The van der Waals surface area contributed by atoms with Crippen LogP contribution in [0.3, 0.4) is 0 Å². The summed E-state index contributed by atoms with van der Waals surface area (Å²) in [6.07, 6.45) is 6.09. The number of carbonyl (C=O) groups is 1. The average Bonchev–Trinajstić information content (AvgIpc) is 2.40. The monoisotopic (exact) mass is 308 g/mol. The largest absolute Gasteiger partial charge is 0.423 e. The summed E-state index contributed by atoms with van der Waals surface area (Å²) in [5, 5.41) is 0. The Hall–Kier alpha value is -1.09. The van der Waals surface area contributed by atoms with Crippen LogP contribution in [0.5, 0.6) is 5.75 Å². The number of alkyl halides is 1. The standard InChI is InChI=1S/C15H17BrO2/c1-2-15(17)18-14-9-5-12(6-10-14)11-3-7-13(16)8-4-11/h2,5-6,9-11,13H,1,3-4,7-8H2. The Labute approximate surface area is 116 Å². The Morgan fingerprint density at radius 3 is 2.39 bits per heavy atom. The van der Waals surface area contributed by atoms with E-state index in [-0.39, 0.29) is 0 Å². The molecule has 1 aliphatic carbocycles. The Morgan fingerprint density at radius 1 is 1.22 bits per heavy atom. The maximum absolute atomic E-state index is 11.1. The van der Waals surface area contributed by atoms with Gasteiger partial charge in [0.15, 0.2) is 0 Å². The molecule has 0 unspecified atom stereocenters. The first-order chi connectivity index (χ1) is 8.69. The Bertz CT molecular complexity index is 417. The van der Waals surface area contributed by atoms with Gasteiger partial charge in [0.25, 0.3) is 0 Å². The van der Waals surface area contributed by atoms with Crippen molar-refractivity contribution < 1.29 is 9.53 Å². The molecule has 0 atom stereocenters. The molecule has 0 amide bonds. The molecule has 96 valence electrons. The van der Waals surface area contributed by atoms with Crippen LogP contribution >= 0.6 is 15.9 Å². The van der Waals surface area contributed by atoms with E-state index in [0.717, 1.165) is 0 Å². The summed E-state index contributed by atoms with van der Waals surface area (Å²) in [5.41, 5.74) is 1.34. The van der Waals surface area contributed by atoms with Crippen molar-refractivity contribution in [2.24, 2.45) is 0 Å². The number of hydrogen-bond donors (Lipinski definition) is 0. The minimum Gasteiger partial charge on any atom is -0.423 e. The van der Waals surface area contributed by atoms with Crippen molar-refractivity contribution in [3.05, 3.63) is 42.5 Å². The van der Waals surface area contributed by atoms with E-state index in [9.17, 15) is 4.79 Å². The summed E-state index contributed by atoms with van der Waals surface area (Å²) in [4.78, 5) is 11.7. The molecule has 1 saturated carbocycles. The second-order valence-electron chi connectivity index (χ2n) is 4.64. The summed E-state index contributed by atoms with van der Waals surface area (Å²) in [6, 6.07) is 7.84. The van der Waals surface area contributed by atoms with Crippen molar-refractivity contribution in [3.63, 3.8) is 0 Å². The number of carbonyl (C=O) groups excluding carboxylic acids is 1. The molecule has 0 bridgehead atoms. The van der Waals surface area contributed by atoms with Crippen molar-refractivity contribution in [2.45, 2.75) is 36.4 Å². The molecule has 0 N–H and O–H groups in total. The fraction of sp³-hybridized carbons (Fsp3) is 0.400. The maximum Gasteiger partial charge on any atom is 0.335 e. The van der Waals surface area contributed by atoms with E-state index in [0.29, 0.717) is 16.5 Å². The highest BCUT2D eigenvalue weighted by atomic mass is 79.9. The Kier molecular flexibility index (Phi) is 4.59. The molecular weight excluding hydrogens is 292 g/mol. The van der Waals surface area contributed by atoms with Crippen molar-refractivity contribution in [3.8, 4) is 5.75 Å². The molecule has 1 aromatic rings. The second kappa shape index (κ2) is 6.19. The highest BCUT2D eigenvalue weighted by Gasteiger charge is 2.20. The van der Waals surface area contributed by atoms with Gasteiger partial charge in [0.2, 0.25) is 0 Å². The van der Waals surface area contributed by atoms with Gasteiger partial charge in [-0.2, -0.15) is 0 Å². The molecule has 0 aromatic heterocycles. The van der Waals surface area contributed by atoms with Crippen molar-refractivity contribution in [1.82, 2.24) is 0 Å². The van der Waals surface area contributed by atoms with Crippen LogP contribution < -0.4 is 4.74 Å². The average molecular weight is 309 g/mol.